The number of quaternary nitrogens is 1. The van der Waals surface area contributed by atoms with E-state index in [1.807, 2.05) is 27.2 Å². The first-order valence-corrected chi connectivity index (χ1v) is 5.66. The van der Waals surface area contributed by atoms with Gasteiger partial charge in [0.25, 0.3) is 5.69 Å². The summed E-state index contributed by atoms with van der Waals surface area (Å²) in [6.07, 6.45) is 1.90. The van der Waals surface area contributed by atoms with Crippen LogP contribution >= 0.6 is 0 Å². The van der Waals surface area contributed by atoms with Gasteiger partial charge in [-0.3, -0.25) is 14.6 Å². The Morgan fingerprint density at radius 2 is 2.06 bits per heavy atom. The summed E-state index contributed by atoms with van der Waals surface area (Å²) in [6.45, 7) is 0.640. The van der Waals surface area contributed by atoms with Crippen molar-refractivity contribution in [2.75, 3.05) is 27.7 Å². The number of nitro benzene ring substituents is 1. The van der Waals surface area contributed by atoms with E-state index in [9.17, 15) is 10.1 Å². The van der Waals surface area contributed by atoms with Crippen molar-refractivity contribution in [3.63, 3.8) is 0 Å². The van der Waals surface area contributed by atoms with Crippen LogP contribution in [0.15, 0.2) is 12.1 Å². The fourth-order valence-electron chi connectivity index (χ4n) is 2.19. The fourth-order valence-corrected chi connectivity index (χ4v) is 2.19. The predicted octanol–water partition coefficient (Wildman–Crippen LogP) is 2.12. The minimum atomic E-state index is -0.336. The van der Waals surface area contributed by atoms with Crippen LogP contribution < -0.4 is 9.22 Å². The smallest absolute Gasteiger partial charge is 0.333 e. The third kappa shape index (κ3) is 2.10. The summed E-state index contributed by atoms with van der Waals surface area (Å²) < 4.78 is 6.04. The number of rotatable bonds is 2. The van der Waals surface area contributed by atoms with Gasteiger partial charge in [0, 0.05) is 11.6 Å². The standard InChI is InChI=1S/C12H17N2O3/c1-14(2,3)11-10(13(15)16)7-6-9-5-4-8-17-12(9)11/h6-7H,4-5,8H2,1-3H3/q+1. The first-order chi connectivity index (χ1) is 7.91. The molecule has 1 aliphatic heterocycles. The zero-order valence-electron chi connectivity index (χ0n) is 10.4. The molecule has 0 amide bonds. The molecule has 1 aliphatic rings. The molecule has 1 aromatic carbocycles. The Morgan fingerprint density at radius 1 is 1.35 bits per heavy atom. The molecule has 2 rings (SSSR count). The number of nitrogens with zero attached hydrogens (tertiary/aromatic N) is 2. The van der Waals surface area contributed by atoms with Crippen molar-refractivity contribution in [1.82, 2.24) is 4.48 Å². The molecule has 0 N–H and O–H groups in total. The van der Waals surface area contributed by atoms with E-state index in [2.05, 4.69) is 0 Å². The van der Waals surface area contributed by atoms with Crippen LogP contribution in [0.2, 0.25) is 0 Å². The minimum absolute atomic E-state index is 0.137. The molecule has 0 unspecified atom stereocenters. The molecule has 0 atom stereocenters. The highest BCUT2D eigenvalue weighted by Crippen LogP contribution is 2.43. The molecule has 17 heavy (non-hydrogen) atoms. The lowest BCUT2D eigenvalue weighted by atomic mass is 10.0. The van der Waals surface area contributed by atoms with Gasteiger partial charge in [0.15, 0.2) is 5.75 Å². The van der Waals surface area contributed by atoms with Crippen molar-refractivity contribution in [2.24, 2.45) is 0 Å². The van der Waals surface area contributed by atoms with Crippen LogP contribution in [0.1, 0.15) is 12.0 Å². The molecule has 0 bridgehead atoms. The molecule has 0 spiro atoms. The highest BCUT2D eigenvalue weighted by atomic mass is 16.6. The van der Waals surface area contributed by atoms with Gasteiger partial charge in [0.2, 0.25) is 0 Å². The average molecular weight is 237 g/mol. The Bertz CT molecular complexity index is 464. The van der Waals surface area contributed by atoms with Gasteiger partial charge >= 0.3 is 5.69 Å². The summed E-state index contributed by atoms with van der Waals surface area (Å²) in [5, 5.41) is 11.1. The maximum Gasteiger partial charge on any atom is 0.333 e. The summed E-state index contributed by atoms with van der Waals surface area (Å²) in [4.78, 5) is 10.8. The summed E-state index contributed by atoms with van der Waals surface area (Å²) in [5.74, 6) is 0.706. The third-order valence-corrected chi connectivity index (χ3v) is 2.90. The van der Waals surface area contributed by atoms with Gasteiger partial charge in [-0.05, 0) is 18.9 Å². The van der Waals surface area contributed by atoms with E-state index in [-0.39, 0.29) is 10.6 Å². The second-order valence-corrected chi connectivity index (χ2v) is 5.14. The first kappa shape index (κ1) is 11.9. The predicted molar refractivity (Wildman–Crippen MR) is 66.5 cm³/mol. The molecule has 0 aliphatic carbocycles. The molecule has 0 aromatic heterocycles. The Hall–Kier alpha value is -1.62. The zero-order valence-corrected chi connectivity index (χ0v) is 10.4. The minimum Gasteiger partial charge on any atom is -0.487 e. The second-order valence-electron chi connectivity index (χ2n) is 5.14. The van der Waals surface area contributed by atoms with Crippen molar-refractivity contribution in [1.29, 1.82) is 0 Å². The van der Waals surface area contributed by atoms with Gasteiger partial charge in [-0.15, -0.1) is 0 Å². The lowest BCUT2D eigenvalue weighted by Gasteiger charge is -2.28. The van der Waals surface area contributed by atoms with E-state index >= 15 is 0 Å². The van der Waals surface area contributed by atoms with Crippen molar-refractivity contribution in [3.05, 3.63) is 27.8 Å². The monoisotopic (exact) mass is 237 g/mol. The molecule has 5 heteroatoms. The molecule has 1 heterocycles. The van der Waals surface area contributed by atoms with Crippen molar-refractivity contribution in [2.45, 2.75) is 12.8 Å². The zero-order chi connectivity index (χ0) is 12.6. The third-order valence-electron chi connectivity index (χ3n) is 2.90. The van der Waals surface area contributed by atoms with Gasteiger partial charge in [-0.25, -0.2) is 0 Å². The molecule has 0 saturated heterocycles. The Balaban J connectivity index is 2.68. The molecule has 0 radical (unpaired) electrons. The maximum atomic E-state index is 11.1. The van der Waals surface area contributed by atoms with E-state index < -0.39 is 0 Å². The highest BCUT2D eigenvalue weighted by Gasteiger charge is 2.33. The maximum absolute atomic E-state index is 11.1. The van der Waals surface area contributed by atoms with Crippen LogP contribution in [0.5, 0.6) is 5.75 Å². The van der Waals surface area contributed by atoms with E-state index in [1.165, 1.54) is 0 Å². The number of ether oxygens (including phenoxy) is 1. The molecule has 0 fully saturated rings. The first-order valence-electron chi connectivity index (χ1n) is 5.66. The van der Waals surface area contributed by atoms with Gasteiger partial charge in [-0.2, -0.15) is 0 Å². The van der Waals surface area contributed by atoms with Crippen LogP contribution in [-0.2, 0) is 6.42 Å². The Morgan fingerprint density at radius 3 is 2.65 bits per heavy atom. The molecule has 1 aromatic rings. The largest absolute Gasteiger partial charge is 0.487 e. The lowest BCUT2D eigenvalue weighted by molar-refractivity contribution is -0.384. The van der Waals surface area contributed by atoms with Crippen LogP contribution in [0.4, 0.5) is 11.4 Å². The number of hydrogen-bond donors (Lipinski definition) is 0. The van der Waals surface area contributed by atoms with Gasteiger partial charge in [-0.1, -0.05) is 0 Å². The van der Waals surface area contributed by atoms with Crippen LogP contribution in [0.25, 0.3) is 0 Å². The summed E-state index contributed by atoms with van der Waals surface area (Å²) in [5.41, 5.74) is 1.87. The lowest BCUT2D eigenvalue weighted by Crippen LogP contribution is -2.36. The molecule has 5 nitrogen and oxygen atoms in total. The summed E-state index contributed by atoms with van der Waals surface area (Å²) in [6, 6.07) is 3.40. The number of benzene rings is 1. The van der Waals surface area contributed by atoms with E-state index in [4.69, 9.17) is 4.74 Å². The van der Waals surface area contributed by atoms with Crippen LogP contribution in [0.3, 0.4) is 0 Å². The summed E-state index contributed by atoms with van der Waals surface area (Å²) >= 11 is 0. The van der Waals surface area contributed by atoms with Gasteiger partial charge in [0.1, 0.15) is 0 Å². The number of fused-ring (bicyclic) bond motifs is 1. The molecule has 0 saturated carbocycles. The van der Waals surface area contributed by atoms with Crippen molar-refractivity contribution < 1.29 is 9.66 Å². The van der Waals surface area contributed by atoms with Crippen molar-refractivity contribution >= 4 is 11.4 Å². The molecular weight excluding hydrogens is 220 g/mol. The van der Waals surface area contributed by atoms with Gasteiger partial charge < -0.3 is 4.74 Å². The number of aryl methyl sites for hydroxylation is 1. The SMILES string of the molecule is C[N+](C)(C)c1c([N+](=O)[O-])ccc2c1OCCC2. The van der Waals surface area contributed by atoms with E-state index in [0.29, 0.717) is 22.5 Å². The van der Waals surface area contributed by atoms with E-state index in [1.54, 1.807) is 6.07 Å². The Labute approximate surface area is 100 Å². The quantitative estimate of drug-likeness (QED) is 0.449. The highest BCUT2D eigenvalue weighted by molar-refractivity contribution is 5.71. The Kier molecular flexibility index (Phi) is 2.79. The van der Waals surface area contributed by atoms with Gasteiger partial charge in [0.05, 0.1) is 32.7 Å². The number of nitro groups is 1. The van der Waals surface area contributed by atoms with Crippen LogP contribution in [0, 0.1) is 10.1 Å². The van der Waals surface area contributed by atoms with Crippen LogP contribution in [-0.4, -0.2) is 32.7 Å². The number of hydrogen-bond acceptors (Lipinski definition) is 3. The van der Waals surface area contributed by atoms with Crippen molar-refractivity contribution in [3.8, 4) is 5.75 Å². The second kappa shape index (κ2) is 4.00. The summed E-state index contributed by atoms with van der Waals surface area (Å²) in [7, 11) is 5.75. The molecule has 92 valence electrons. The topological polar surface area (TPSA) is 52.4 Å². The molecular formula is C12H17N2O3+. The normalized spacial score (nSPS) is 15.0. The fraction of sp³-hybridized carbons (Fsp3) is 0.500. The van der Waals surface area contributed by atoms with E-state index in [0.717, 1.165) is 18.4 Å². The average Bonchev–Trinajstić information content (AvgIpc) is 2.26.